The molecule has 2 N–H and O–H groups in total. The minimum atomic E-state index is -1.21. The van der Waals surface area contributed by atoms with Gasteiger partial charge in [-0.3, -0.25) is 9.69 Å². The molecule has 0 spiro atoms. The van der Waals surface area contributed by atoms with E-state index >= 15 is 0 Å². The Morgan fingerprint density at radius 2 is 1.61 bits per heavy atom. The van der Waals surface area contributed by atoms with Gasteiger partial charge >= 0.3 is 12.1 Å². The first-order valence-electron chi connectivity index (χ1n) is 12.8. The number of hydrogen-bond donors (Lipinski definition) is 2. The molecular formula is C29H36N2O7. The first kappa shape index (κ1) is 27.6. The fraction of sp³-hybridized carbons (Fsp3) is 0.483. The minimum Gasteiger partial charge on any atom is -0.480 e. The predicted molar refractivity (Wildman–Crippen MR) is 141 cm³/mol. The van der Waals surface area contributed by atoms with Crippen molar-refractivity contribution >= 4 is 18.0 Å². The van der Waals surface area contributed by atoms with Crippen LogP contribution < -0.4 is 5.32 Å². The zero-order valence-corrected chi connectivity index (χ0v) is 22.7. The topological polar surface area (TPSA) is 114 Å². The number of carboxylic acid groups (broad SMARTS) is 1. The number of alkyl carbamates (subject to hydrolysis) is 1. The normalized spacial score (nSPS) is 20.9. The summed E-state index contributed by atoms with van der Waals surface area (Å²) in [5.74, 6) is -1.95. The van der Waals surface area contributed by atoms with Gasteiger partial charge in [-0.25, -0.2) is 9.59 Å². The Hall–Kier alpha value is -3.43. The Morgan fingerprint density at radius 1 is 1.05 bits per heavy atom. The van der Waals surface area contributed by atoms with Crippen LogP contribution >= 0.6 is 0 Å². The van der Waals surface area contributed by atoms with Crippen LogP contribution in [0.2, 0.25) is 0 Å². The lowest BCUT2D eigenvalue weighted by Gasteiger charge is -2.35. The van der Waals surface area contributed by atoms with Gasteiger partial charge in [-0.2, -0.15) is 0 Å². The van der Waals surface area contributed by atoms with Gasteiger partial charge in [0.05, 0.1) is 18.3 Å². The molecule has 204 valence electrons. The van der Waals surface area contributed by atoms with E-state index in [1.165, 1.54) is 4.90 Å². The molecule has 38 heavy (non-hydrogen) atoms. The Kier molecular flexibility index (Phi) is 7.54. The number of ether oxygens (including phenoxy) is 3. The number of nitrogens with one attached hydrogen (secondary N) is 1. The van der Waals surface area contributed by atoms with E-state index in [4.69, 9.17) is 14.2 Å². The molecule has 1 aliphatic heterocycles. The maximum Gasteiger partial charge on any atom is 0.407 e. The molecule has 1 fully saturated rings. The average Bonchev–Trinajstić information content (AvgIpc) is 3.29. The molecule has 0 bridgehead atoms. The molecule has 9 heteroatoms. The summed E-state index contributed by atoms with van der Waals surface area (Å²) in [6, 6.07) is 13.6. The van der Waals surface area contributed by atoms with Crippen LogP contribution in [0.15, 0.2) is 48.5 Å². The van der Waals surface area contributed by atoms with Crippen molar-refractivity contribution in [2.45, 2.75) is 77.0 Å². The summed E-state index contributed by atoms with van der Waals surface area (Å²) in [4.78, 5) is 39.9. The van der Waals surface area contributed by atoms with Gasteiger partial charge in [0, 0.05) is 5.92 Å². The van der Waals surface area contributed by atoms with E-state index in [1.54, 1.807) is 20.8 Å². The lowest BCUT2D eigenvalue weighted by Crippen LogP contribution is -2.59. The number of nitrogens with zero attached hydrogens (tertiary/aromatic N) is 1. The van der Waals surface area contributed by atoms with Crippen molar-refractivity contribution in [1.82, 2.24) is 10.2 Å². The van der Waals surface area contributed by atoms with Gasteiger partial charge in [0.25, 0.3) is 5.91 Å². The van der Waals surface area contributed by atoms with Crippen molar-refractivity contribution in [2.75, 3.05) is 13.2 Å². The van der Waals surface area contributed by atoms with Crippen LogP contribution in [0.1, 0.15) is 58.6 Å². The highest BCUT2D eigenvalue weighted by Gasteiger charge is 2.53. The highest BCUT2D eigenvalue weighted by Crippen LogP contribution is 2.44. The fourth-order valence-electron chi connectivity index (χ4n) is 5.29. The second-order valence-electron chi connectivity index (χ2n) is 11.2. The molecule has 0 saturated carbocycles. The average molecular weight is 525 g/mol. The Labute approximate surface area is 223 Å². The molecule has 1 aliphatic carbocycles. The van der Waals surface area contributed by atoms with E-state index in [9.17, 15) is 19.5 Å². The molecule has 1 saturated heterocycles. The van der Waals surface area contributed by atoms with Gasteiger partial charge in [-0.1, -0.05) is 48.5 Å². The number of fused-ring (bicyclic) bond motifs is 3. The van der Waals surface area contributed by atoms with Gasteiger partial charge in [-0.05, 0) is 63.8 Å². The number of carbonyl (C=O) groups is 3. The first-order chi connectivity index (χ1) is 17.8. The molecule has 3 atom stereocenters. The van der Waals surface area contributed by atoms with E-state index < -0.39 is 47.5 Å². The third-order valence-corrected chi connectivity index (χ3v) is 6.88. The predicted octanol–water partition coefficient (Wildman–Crippen LogP) is 4.15. The third-order valence-electron chi connectivity index (χ3n) is 6.88. The van der Waals surface area contributed by atoms with Gasteiger partial charge in [0.15, 0.2) is 6.04 Å². The summed E-state index contributed by atoms with van der Waals surface area (Å²) in [6.07, 6.45) is -1.52. The van der Waals surface area contributed by atoms with Crippen LogP contribution in [-0.4, -0.2) is 70.7 Å². The largest absolute Gasteiger partial charge is 0.480 e. The summed E-state index contributed by atoms with van der Waals surface area (Å²) in [7, 11) is 0. The molecular weight excluding hydrogens is 488 g/mol. The molecule has 9 nitrogen and oxygen atoms in total. The van der Waals surface area contributed by atoms with Crippen LogP contribution in [0.3, 0.4) is 0 Å². The van der Waals surface area contributed by atoms with E-state index in [1.807, 2.05) is 69.3 Å². The van der Waals surface area contributed by atoms with Gasteiger partial charge in [0.2, 0.25) is 0 Å². The lowest BCUT2D eigenvalue weighted by molar-refractivity contribution is -0.158. The lowest BCUT2D eigenvalue weighted by atomic mass is 9.98. The molecule has 2 amide bonds. The van der Waals surface area contributed by atoms with E-state index in [2.05, 4.69) is 5.32 Å². The van der Waals surface area contributed by atoms with Crippen LogP contribution in [0, 0.1) is 0 Å². The maximum atomic E-state index is 13.7. The van der Waals surface area contributed by atoms with Crippen molar-refractivity contribution in [3.8, 4) is 11.1 Å². The molecule has 2 aromatic rings. The fourth-order valence-corrected chi connectivity index (χ4v) is 5.29. The standard InChI is InChI=1S/C29H36N2O7/c1-17-24(26(33)34)31(29(5,6)38-17)25(32)23(16-37-28(2,3)4)30-27(35)36-15-22-20-13-9-7-11-18(20)19-12-8-10-14-21(19)22/h7-14,17,22-24H,15-16H2,1-6H3,(H,30,35)(H,33,34)/t17-,23-,24+/m0/s1. The number of amides is 2. The molecule has 1 heterocycles. The smallest absolute Gasteiger partial charge is 0.407 e. The Balaban J connectivity index is 1.51. The number of benzene rings is 2. The van der Waals surface area contributed by atoms with Crippen molar-refractivity contribution in [3.63, 3.8) is 0 Å². The second-order valence-corrected chi connectivity index (χ2v) is 11.2. The van der Waals surface area contributed by atoms with Crippen molar-refractivity contribution in [3.05, 3.63) is 59.7 Å². The highest BCUT2D eigenvalue weighted by molar-refractivity contribution is 5.90. The molecule has 0 radical (unpaired) electrons. The zero-order valence-electron chi connectivity index (χ0n) is 22.7. The minimum absolute atomic E-state index is 0.0774. The van der Waals surface area contributed by atoms with Gasteiger partial charge < -0.3 is 24.6 Å². The molecule has 0 unspecified atom stereocenters. The summed E-state index contributed by atoms with van der Waals surface area (Å²) in [6.45, 7) is 10.2. The van der Waals surface area contributed by atoms with E-state index in [0.29, 0.717) is 0 Å². The van der Waals surface area contributed by atoms with Gasteiger partial charge in [0.1, 0.15) is 18.4 Å². The number of carbonyl (C=O) groups excluding carboxylic acids is 2. The summed E-state index contributed by atoms with van der Waals surface area (Å²) >= 11 is 0. The monoisotopic (exact) mass is 524 g/mol. The van der Waals surface area contributed by atoms with Crippen LogP contribution in [0.4, 0.5) is 4.79 Å². The van der Waals surface area contributed by atoms with Crippen molar-refractivity contribution < 1.29 is 33.7 Å². The summed E-state index contributed by atoms with van der Waals surface area (Å²) < 4.78 is 17.2. The van der Waals surface area contributed by atoms with Crippen molar-refractivity contribution in [1.29, 1.82) is 0 Å². The summed E-state index contributed by atoms with van der Waals surface area (Å²) in [5, 5.41) is 12.4. The SMILES string of the molecule is C[C@@H]1OC(C)(C)N(C(=O)[C@H](COC(C)(C)C)NC(=O)OCC2c3ccccc3-c3ccccc32)[C@H]1C(=O)O. The highest BCUT2D eigenvalue weighted by atomic mass is 16.6. The molecule has 4 rings (SSSR count). The first-order valence-corrected chi connectivity index (χ1v) is 12.8. The number of carboxylic acids is 1. The number of aliphatic carboxylic acids is 1. The van der Waals surface area contributed by atoms with Crippen LogP contribution in [-0.2, 0) is 23.8 Å². The Bertz CT molecular complexity index is 1170. The molecule has 2 aliphatic rings. The van der Waals surface area contributed by atoms with Gasteiger partial charge in [-0.15, -0.1) is 0 Å². The Morgan fingerprint density at radius 3 is 2.13 bits per heavy atom. The summed E-state index contributed by atoms with van der Waals surface area (Å²) in [5.41, 5.74) is 2.56. The quantitative estimate of drug-likeness (QED) is 0.559. The number of rotatable bonds is 7. The van der Waals surface area contributed by atoms with Crippen LogP contribution in [0.25, 0.3) is 11.1 Å². The zero-order chi connectivity index (χ0) is 27.8. The second kappa shape index (κ2) is 10.4. The maximum absolute atomic E-state index is 13.7. The molecule has 2 aromatic carbocycles. The van der Waals surface area contributed by atoms with Crippen LogP contribution in [0.5, 0.6) is 0 Å². The van der Waals surface area contributed by atoms with Crippen molar-refractivity contribution in [2.24, 2.45) is 0 Å². The van der Waals surface area contributed by atoms with E-state index in [-0.39, 0.29) is 19.1 Å². The third kappa shape index (κ3) is 5.54. The molecule has 0 aromatic heterocycles. The van der Waals surface area contributed by atoms with E-state index in [0.717, 1.165) is 22.3 Å². The number of hydrogen-bond acceptors (Lipinski definition) is 6.